The number of carbonyl (C=O) groups is 1. The molecule has 1 saturated carbocycles. The molecule has 3 aromatic rings. The van der Waals surface area contributed by atoms with Crippen LogP contribution in [0, 0.1) is 24.1 Å². The van der Waals surface area contributed by atoms with Gasteiger partial charge in [-0.15, -0.1) is 6.42 Å². The molecule has 4 N–H and O–H groups in total. The van der Waals surface area contributed by atoms with E-state index < -0.39 is 40.0 Å². The van der Waals surface area contributed by atoms with E-state index in [1.54, 1.807) is 18.3 Å². The Morgan fingerprint density at radius 3 is 2.92 bits per heavy atom. The Kier molecular flexibility index (Phi) is 7.41. The number of nitrogens with one attached hydrogen (secondary N) is 1. The van der Waals surface area contributed by atoms with E-state index in [-0.39, 0.29) is 35.8 Å². The van der Waals surface area contributed by atoms with Crippen molar-refractivity contribution in [1.29, 1.82) is 0 Å². The highest BCUT2D eigenvalue weighted by Gasteiger charge is 2.36. The first-order valence-electron chi connectivity index (χ1n) is 10.9. The number of rotatable bonds is 9. The lowest BCUT2D eigenvalue weighted by molar-refractivity contribution is 0.0936. The molecule has 0 radical (unpaired) electrons. The molecule has 1 unspecified atom stereocenters. The molecule has 0 spiro atoms. The molecule has 13 heteroatoms. The second-order valence-electron chi connectivity index (χ2n) is 8.33. The summed E-state index contributed by atoms with van der Waals surface area (Å²) >= 11 is 0. The van der Waals surface area contributed by atoms with Crippen molar-refractivity contribution in [2.24, 2.45) is 11.1 Å². The summed E-state index contributed by atoms with van der Waals surface area (Å²) in [5, 5.41) is 22.8. The monoisotopic (exact) mass is 514 g/mol. The summed E-state index contributed by atoms with van der Waals surface area (Å²) < 4.78 is 41.9. The topological polar surface area (TPSA) is 162 Å². The maximum atomic E-state index is 13.6. The fraction of sp³-hybridized carbons (Fsp3) is 0.304. The number of terminal acetylenes is 1. The first-order chi connectivity index (χ1) is 17.1. The molecule has 2 aromatic heterocycles. The molecular formula is C23H23FN6O5S. The standard InChI is InChI=1S/C23H23FN6O5S/c1-2-15-9-14(3-5-18(15)24)11-30-8-7-20(29-30)22(32)17-10-26-13-27-23(17)28-19-6-4-16(21(19)31)12-35-36(25,33)34/h1,3,5,7-10,13,16,19,21,31H,4,6,11-12H2,(H2,25,33,34)(H,26,27,28)/t16-,19?,21-/m1/s1. The average molecular weight is 515 g/mol. The summed E-state index contributed by atoms with van der Waals surface area (Å²) in [5.74, 6) is 1.10. The molecule has 2 heterocycles. The van der Waals surface area contributed by atoms with Crippen LogP contribution in [-0.4, -0.2) is 57.8 Å². The maximum absolute atomic E-state index is 13.6. The van der Waals surface area contributed by atoms with Crippen LogP contribution in [0.15, 0.2) is 43.0 Å². The Hall–Kier alpha value is -3.70. The van der Waals surface area contributed by atoms with Crippen molar-refractivity contribution in [3.8, 4) is 12.3 Å². The average Bonchev–Trinajstić information content (AvgIpc) is 3.45. The quantitative estimate of drug-likeness (QED) is 0.277. The van der Waals surface area contributed by atoms with E-state index in [4.69, 9.17) is 11.6 Å². The Balaban J connectivity index is 1.46. The summed E-state index contributed by atoms with van der Waals surface area (Å²) in [5.41, 5.74) is 1.14. The number of nitrogens with two attached hydrogens (primary N) is 1. The van der Waals surface area contributed by atoms with Crippen LogP contribution in [0.1, 0.15) is 40.0 Å². The molecule has 0 saturated heterocycles. The molecule has 188 valence electrons. The second kappa shape index (κ2) is 10.5. The summed E-state index contributed by atoms with van der Waals surface area (Å²) in [6.07, 6.45) is 9.56. The molecule has 0 aliphatic heterocycles. The Bertz CT molecular complexity index is 1420. The summed E-state index contributed by atoms with van der Waals surface area (Å²) in [7, 11) is -4.11. The Labute approximate surface area is 206 Å². The smallest absolute Gasteiger partial charge is 0.333 e. The molecule has 11 nitrogen and oxygen atoms in total. The van der Waals surface area contributed by atoms with Crippen LogP contribution in [0.2, 0.25) is 0 Å². The Morgan fingerprint density at radius 1 is 1.36 bits per heavy atom. The van der Waals surface area contributed by atoms with Gasteiger partial charge in [-0.1, -0.05) is 12.0 Å². The van der Waals surface area contributed by atoms with Crippen molar-refractivity contribution in [2.45, 2.75) is 31.5 Å². The third-order valence-electron chi connectivity index (χ3n) is 5.87. The van der Waals surface area contributed by atoms with E-state index >= 15 is 0 Å². The van der Waals surface area contributed by atoms with E-state index in [0.29, 0.717) is 18.4 Å². The molecule has 36 heavy (non-hydrogen) atoms. The minimum Gasteiger partial charge on any atom is -0.391 e. The second-order valence-corrected chi connectivity index (χ2v) is 9.55. The molecule has 1 aliphatic rings. The summed E-state index contributed by atoms with van der Waals surface area (Å²) in [6, 6.07) is 5.44. The van der Waals surface area contributed by atoms with Crippen molar-refractivity contribution in [2.75, 3.05) is 11.9 Å². The van der Waals surface area contributed by atoms with Gasteiger partial charge in [-0.05, 0) is 36.6 Å². The molecular weight excluding hydrogens is 491 g/mol. The van der Waals surface area contributed by atoms with Crippen LogP contribution < -0.4 is 10.5 Å². The fourth-order valence-electron chi connectivity index (χ4n) is 4.05. The molecule has 1 aliphatic carbocycles. The third-order valence-corrected chi connectivity index (χ3v) is 6.34. The van der Waals surface area contributed by atoms with Crippen molar-refractivity contribution in [3.05, 3.63) is 71.2 Å². The van der Waals surface area contributed by atoms with E-state index in [2.05, 4.69) is 30.5 Å². The van der Waals surface area contributed by atoms with Gasteiger partial charge in [-0.3, -0.25) is 13.7 Å². The maximum Gasteiger partial charge on any atom is 0.333 e. The molecule has 0 bridgehead atoms. The third kappa shape index (κ3) is 5.92. The number of halogens is 1. The van der Waals surface area contributed by atoms with Crippen molar-refractivity contribution in [1.82, 2.24) is 19.7 Å². The molecule has 3 atom stereocenters. The normalized spacial score (nSPS) is 19.7. The van der Waals surface area contributed by atoms with E-state index in [9.17, 15) is 22.7 Å². The van der Waals surface area contributed by atoms with Crippen LogP contribution in [0.4, 0.5) is 10.2 Å². The number of anilines is 1. The Morgan fingerprint density at radius 2 is 2.17 bits per heavy atom. The minimum absolute atomic E-state index is 0.138. The first kappa shape index (κ1) is 25.4. The van der Waals surface area contributed by atoms with E-state index in [1.165, 1.54) is 29.3 Å². The van der Waals surface area contributed by atoms with Crippen LogP contribution >= 0.6 is 0 Å². The summed E-state index contributed by atoms with van der Waals surface area (Å²) in [4.78, 5) is 21.3. The molecule has 1 aromatic carbocycles. The largest absolute Gasteiger partial charge is 0.391 e. The van der Waals surface area contributed by atoms with Gasteiger partial charge in [-0.2, -0.15) is 13.5 Å². The lowest BCUT2D eigenvalue weighted by Crippen LogP contribution is -2.35. The van der Waals surface area contributed by atoms with Gasteiger partial charge in [0.25, 0.3) is 0 Å². The van der Waals surface area contributed by atoms with Crippen molar-refractivity contribution in [3.63, 3.8) is 0 Å². The van der Waals surface area contributed by atoms with E-state index in [0.717, 1.165) is 0 Å². The van der Waals surface area contributed by atoms with Crippen LogP contribution in [0.5, 0.6) is 0 Å². The highest BCUT2D eigenvalue weighted by atomic mass is 32.2. The van der Waals surface area contributed by atoms with Crippen molar-refractivity contribution >= 4 is 21.9 Å². The van der Waals surface area contributed by atoms with Crippen LogP contribution in [0.3, 0.4) is 0 Å². The minimum atomic E-state index is -4.11. The zero-order valence-electron chi connectivity index (χ0n) is 18.9. The fourth-order valence-corrected chi connectivity index (χ4v) is 4.41. The number of ketones is 1. The predicted molar refractivity (Wildman–Crippen MR) is 126 cm³/mol. The lowest BCUT2D eigenvalue weighted by atomic mass is 10.1. The van der Waals surface area contributed by atoms with Gasteiger partial charge in [-0.25, -0.2) is 19.5 Å². The molecule has 0 amide bonds. The number of nitrogens with zero attached hydrogens (tertiary/aromatic N) is 4. The number of benzene rings is 1. The number of hydrogen-bond donors (Lipinski definition) is 3. The van der Waals surface area contributed by atoms with Gasteiger partial charge in [0.1, 0.15) is 23.7 Å². The molecule has 1 fully saturated rings. The first-order valence-corrected chi connectivity index (χ1v) is 12.4. The molecule has 4 rings (SSSR count). The predicted octanol–water partition coefficient (Wildman–Crippen LogP) is 0.844. The highest BCUT2D eigenvalue weighted by molar-refractivity contribution is 7.84. The number of hydrogen-bond acceptors (Lipinski definition) is 9. The number of carbonyl (C=O) groups excluding carboxylic acids is 1. The van der Waals surface area contributed by atoms with Gasteiger partial charge in [0.2, 0.25) is 5.78 Å². The van der Waals surface area contributed by atoms with Crippen LogP contribution in [-0.2, 0) is 21.0 Å². The highest BCUT2D eigenvalue weighted by Crippen LogP contribution is 2.30. The van der Waals surface area contributed by atoms with Gasteiger partial charge in [0.15, 0.2) is 0 Å². The SMILES string of the molecule is C#Cc1cc(Cn2ccc(C(=O)c3cncnc3NC3CC[C@H](COS(N)(=O)=O)[C@H]3O)n2)ccc1F. The zero-order valence-corrected chi connectivity index (χ0v) is 19.7. The van der Waals surface area contributed by atoms with E-state index in [1.807, 2.05) is 0 Å². The van der Waals surface area contributed by atoms with Crippen LogP contribution in [0.25, 0.3) is 0 Å². The zero-order chi connectivity index (χ0) is 25.9. The number of aliphatic hydroxyl groups excluding tert-OH is 1. The number of aromatic nitrogens is 4. The summed E-state index contributed by atoms with van der Waals surface area (Å²) in [6.45, 7) is 0.0248. The van der Waals surface area contributed by atoms with Crippen molar-refractivity contribution < 1.29 is 26.9 Å². The van der Waals surface area contributed by atoms with Gasteiger partial charge in [0, 0.05) is 18.3 Å². The van der Waals surface area contributed by atoms with Gasteiger partial charge < -0.3 is 10.4 Å². The van der Waals surface area contributed by atoms with Gasteiger partial charge in [0.05, 0.1) is 36.4 Å². The van der Waals surface area contributed by atoms with Gasteiger partial charge >= 0.3 is 10.3 Å². The lowest BCUT2D eigenvalue weighted by Gasteiger charge is -2.21. The number of aliphatic hydroxyl groups is 1.